The number of aromatic nitrogens is 2. The summed E-state index contributed by atoms with van der Waals surface area (Å²) in [5.74, 6) is 0. The molecule has 0 aromatic carbocycles. The molecule has 0 radical (unpaired) electrons. The van der Waals surface area contributed by atoms with Crippen LogP contribution >= 0.6 is 11.6 Å². The van der Waals surface area contributed by atoms with Crippen LogP contribution in [0.4, 0.5) is 5.69 Å². The van der Waals surface area contributed by atoms with Crippen molar-refractivity contribution in [3.8, 4) is 0 Å². The normalized spacial score (nSPS) is 11.3. The molecule has 1 N–H and O–H groups in total. The first kappa shape index (κ1) is 13.8. The predicted molar refractivity (Wildman–Crippen MR) is 73.8 cm³/mol. The lowest BCUT2D eigenvalue weighted by Gasteiger charge is -2.10. The number of nitrogens with zero attached hydrogens (tertiary/aromatic N) is 2. The van der Waals surface area contributed by atoms with Crippen molar-refractivity contribution >= 4 is 27.3 Å². The highest BCUT2D eigenvalue weighted by atomic mass is 35.5. The minimum atomic E-state index is -3.68. The Morgan fingerprint density at radius 1 is 1.16 bits per heavy atom. The second-order valence-electron chi connectivity index (χ2n) is 4.01. The van der Waals surface area contributed by atoms with Crippen LogP contribution < -0.4 is 4.72 Å². The van der Waals surface area contributed by atoms with E-state index >= 15 is 0 Å². The zero-order chi connectivity index (χ0) is 14.0. The highest BCUT2D eigenvalue weighted by Crippen LogP contribution is 2.19. The van der Waals surface area contributed by atoms with Crippen LogP contribution in [0.3, 0.4) is 0 Å². The van der Waals surface area contributed by atoms with Crippen LogP contribution in [0.2, 0.25) is 5.15 Å². The Morgan fingerprint density at radius 2 is 1.89 bits per heavy atom. The number of anilines is 1. The number of aryl methyl sites for hydroxylation is 2. The van der Waals surface area contributed by atoms with E-state index in [4.69, 9.17) is 11.6 Å². The Hall–Kier alpha value is -1.66. The third-order valence-corrected chi connectivity index (χ3v) is 4.05. The third-order valence-electron chi connectivity index (χ3n) is 2.48. The minimum absolute atomic E-state index is 0.0527. The Kier molecular flexibility index (Phi) is 3.73. The summed E-state index contributed by atoms with van der Waals surface area (Å²) in [5, 5.41) is 0.243. The van der Waals surface area contributed by atoms with Gasteiger partial charge in [-0.15, -0.1) is 0 Å². The maximum Gasteiger partial charge on any atom is 0.263 e. The van der Waals surface area contributed by atoms with Gasteiger partial charge in [-0.1, -0.05) is 11.6 Å². The quantitative estimate of drug-likeness (QED) is 0.884. The van der Waals surface area contributed by atoms with Gasteiger partial charge in [0.2, 0.25) is 0 Å². The van der Waals surface area contributed by atoms with Crippen LogP contribution in [0.1, 0.15) is 11.4 Å². The molecule has 0 amide bonds. The van der Waals surface area contributed by atoms with Gasteiger partial charge in [-0.3, -0.25) is 9.71 Å². The lowest BCUT2D eigenvalue weighted by Crippen LogP contribution is -2.14. The minimum Gasteiger partial charge on any atom is -0.278 e. The van der Waals surface area contributed by atoms with E-state index in [2.05, 4.69) is 14.7 Å². The van der Waals surface area contributed by atoms with E-state index in [1.165, 1.54) is 18.3 Å². The van der Waals surface area contributed by atoms with E-state index in [-0.39, 0.29) is 10.0 Å². The van der Waals surface area contributed by atoms with Gasteiger partial charge < -0.3 is 0 Å². The van der Waals surface area contributed by atoms with Crippen molar-refractivity contribution in [3.63, 3.8) is 0 Å². The van der Waals surface area contributed by atoms with Crippen molar-refractivity contribution in [2.75, 3.05) is 4.72 Å². The molecule has 0 unspecified atom stereocenters. The second kappa shape index (κ2) is 5.14. The van der Waals surface area contributed by atoms with Crippen LogP contribution in [0.5, 0.6) is 0 Å². The molecule has 2 aromatic rings. The first-order valence-corrected chi connectivity index (χ1v) is 7.33. The Labute approximate surface area is 116 Å². The number of sulfonamides is 1. The highest BCUT2D eigenvalue weighted by Gasteiger charge is 2.16. The summed E-state index contributed by atoms with van der Waals surface area (Å²) < 4.78 is 26.7. The van der Waals surface area contributed by atoms with E-state index in [9.17, 15) is 8.42 Å². The van der Waals surface area contributed by atoms with Crippen molar-refractivity contribution in [2.24, 2.45) is 0 Å². The molecule has 0 fully saturated rings. The van der Waals surface area contributed by atoms with Gasteiger partial charge in [0.05, 0.1) is 11.4 Å². The summed E-state index contributed by atoms with van der Waals surface area (Å²) >= 11 is 5.63. The van der Waals surface area contributed by atoms with Gasteiger partial charge in [-0.25, -0.2) is 13.4 Å². The molecular formula is C12H12ClN3O2S. The maximum absolute atomic E-state index is 12.1. The van der Waals surface area contributed by atoms with Crippen LogP contribution in [0.25, 0.3) is 0 Å². The zero-order valence-electron chi connectivity index (χ0n) is 10.4. The molecule has 0 aliphatic rings. The Balaban J connectivity index is 2.33. The lowest BCUT2D eigenvalue weighted by atomic mass is 10.3. The molecule has 5 nitrogen and oxygen atoms in total. The summed E-state index contributed by atoms with van der Waals surface area (Å²) in [6.07, 6.45) is 1.21. The average Bonchev–Trinajstić information content (AvgIpc) is 2.33. The number of pyridine rings is 2. The van der Waals surface area contributed by atoms with E-state index in [1.54, 1.807) is 19.1 Å². The first-order valence-electron chi connectivity index (χ1n) is 5.47. The summed E-state index contributed by atoms with van der Waals surface area (Å²) in [4.78, 5) is 8.01. The molecule has 0 saturated heterocycles. The molecule has 0 aliphatic carbocycles. The molecule has 0 saturated carbocycles. The van der Waals surface area contributed by atoms with Crippen molar-refractivity contribution in [1.29, 1.82) is 0 Å². The molecular weight excluding hydrogens is 286 g/mol. The summed E-state index contributed by atoms with van der Waals surface area (Å²) in [6, 6.07) is 6.24. The fourth-order valence-electron chi connectivity index (χ4n) is 1.52. The highest BCUT2D eigenvalue weighted by molar-refractivity contribution is 7.92. The van der Waals surface area contributed by atoms with Crippen LogP contribution in [-0.4, -0.2) is 18.4 Å². The summed E-state index contributed by atoms with van der Waals surface area (Å²) in [7, 11) is -3.68. The monoisotopic (exact) mass is 297 g/mol. The Morgan fingerprint density at radius 3 is 2.47 bits per heavy atom. The van der Waals surface area contributed by atoms with Gasteiger partial charge in [-0.05, 0) is 38.1 Å². The van der Waals surface area contributed by atoms with Gasteiger partial charge in [0.15, 0.2) is 0 Å². The lowest BCUT2D eigenvalue weighted by molar-refractivity contribution is 0.600. The van der Waals surface area contributed by atoms with Crippen LogP contribution in [-0.2, 0) is 10.0 Å². The molecule has 2 rings (SSSR count). The van der Waals surface area contributed by atoms with Crippen molar-refractivity contribution < 1.29 is 8.42 Å². The van der Waals surface area contributed by atoms with Gasteiger partial charge in [0.25, 0.3) is 10.0 Å². The zero-order valence-corrected chi connectivity index (χ0v) is 12.0. The topological polar surface area (TPSA) is 72.0 Å². The molecule has 19 heavy (non-hydrogen) atoms. The second-order valence-corrected chi connectivity index (χ2v) is 6.08. The standard InChI is InChI=1S/C12H12ClN3O2S/c1-8-3-5-11(9(2)15-8)16-19(17,18)10-4-6-12(13)14-7-10/h3-7,16H,1-2H3. The molecule has 2 aromatic heterocycles. The van der Waals surface area contributed by atoms with E-state index in [1.807, 2.05) is 6.92 Å². The molecule has 2 heterocycles. The number of nitrogens with one attached hydrogen (secondary N) is 1. The first-order chi connectivity index (χ1) is 8.88. The molecule has 0 aliphatic heterocycles. The Bertz CT molecular complexity index is 699. The average molecular weight is 298 g/mol. The molecule has 100 valence electrons. The summed E-state index contributed by atoms with van der Waals surface area (Å²) in [5.41, 5.74) is 1.89. The molecule has 0 atom stereocenters. The smallest absolute Gasteiger partial charge is 0.263 e. The van der Waals surface area contributed by atoms with Crippen molar-refractivity contribution in [1.82, 2.24) is 9.97 Å². The van der Waals surface area contributed by atoms with E-state index in [0.717, 1.165) is 5.69 Å². The molecule has 7 heteroatoms. The predicted octanol–water partition coefficient (Wildman–Crippen LogP) is 2.55. The fourth-order valence-corrected chi connectivity index (χ4v) is 2.69. The number of hydrogen-bond acceptors (Lipinski definition) is 4. The molecule has 0 spiro atoms. The number of halogens is 1. The van der Waals surface area contributed by atoms with Crippen LogP contribution in [0.15, 0.2) is 35.4 Å². The number of rotatable bonds is 3. The van der Waals surface area contributed by atoms with E-state index in [0.29, 0.717) is 11.4 Å². The largest absolute Gasteiger partial charge is 0.278 e. The van der Waals surface area contributed by atoms with E-state index < -0.39 is 10.0 Å². The van der Waals surface area contributed by atoms with Gasteiger partial charge in [0.1, 0.15) is 10.0 Å². The summed E-state index contributed by atoms with van der Waals surface area (Å²) in [6.45, 7) is 3.58. The molecule has 0 bridgehead atoms. The van der Waals surface area contributed by atoms with Gasteiger partial charge >= 0.3 is 0 Å². The fraction of sp³-hybridized carbons (Fsp3) is 0.167. The SMILES string of the molecule is Cc1ccc(NS(=O)(=O)c2ccc(Cl)nc2)c(C)n1. The third kappa shape index (κ3) is 3.21. The number of hydrogen-bond donors (Lipinski definition) is 1. The maximum atomic E-state index is 12.1. The van der Waals surface area contributed by atoms with Gasteiger partial charge in [0, 0.05) is 11.9 Å². The van der Waals surface area contributed by atoms with Crippen molar-refractivity contribution in [2.45, 2.75) is 18.7 Å². The van der Waals surface area contributed by atoms with Gasteiger partial charge in [-0.2, -0.15) is 0 Å². The van der Waals surface area contributed by atoms with Crippen molar-refractivity contribution in [3.05, 3.63) is 47.0 Å². The van der Waals surface area contributed by atoms with Crippen LogP contribution in [0, 0.1) is 13.8 Å².